The SMILES string of the molecule is Fc1ccc(-c2[nH]ncc2CNC[C@@H]2CCCO[C@H]2c2cn[nH]c2)cc1. The molecule has 2 atom stereocenters. The minimum atomic E-state index is -0.240. The van der Waals surface area contributed by atoms with E-state index in [0.717, 1.165) is 48.4 Å². The second kappa shape index (κ2) is 7.80. The number of aromatic nitrogens is 4. The highest BCUT2D eigenvalue weighted by molar-refractivity contribution is 5.62. The molecule has 2 aromatic heterocycles. The van der Waals surface area contributed by atoms with Gasteiger partial charge in [-0.15, -0.1) is 0 Å². The number of nitrogens with zero attached hydrogens (tertiary/aromatic N) is 2. The van der Waals surface area contributed by atoms with Gasteiger partial charge in [0.1, 0.15) is 5.82 Å². The number of nitrogens with one attached hydrogen (secondary N) is 3. The second-order valence-corrected chi connectivity index (χ2v) is 6.63. The van der Waals surface area contributed by atoms with Crippen molar-refractivity contribution in [2.24, 2.45) is 5.92 Å². The van der Waals surface area contributed by atoms with E-state index >= 15 is 0 Å². The first kappa shape index (κ1) is 16.9. The molecule has 0 aliphatic carbocycles. The van der Waals surface area contributed by atoms with Gasteiger partial charge in [-0.2, -0.15) is 10.2 Å². The van der Waals surface area contributed by atoms with Gasteiger partial charge in [0.15, 0.2) is 0 Å². The molecule has 3 N–H and O–H groups in total. The van der Waals surface area contributed by atoms with Crippen molar-refractivity contribution in [3.63, 3.8) is 0 Å². The van der Waals surface area contributed by atoms with Crippen LogP contribution in [0.4, 0.5) is 4.39 Å². The Balaban J connectivity index is 1.39. The van der Waals surface area contributed by atoms with Crippen molar-refractivity contribution < 1.29 is 9.13 Å². The maximum absolute atomic E-state index is 13.1. The van der Waals surface area contributed by atoms with E-state index in [2.05, 4.69) is 25.7 Å². The molecule has 136 valence electrons. The quantitative estimate of drug-likeness (QED) is 0.634. The molecule has 3 aromatic rings. The minimum absolute atomic E-state index is 0.0796. The van der Waals surface area contributed by atoms with Crippen LogP contribution >= 0.6 is 0 Å². The summed E-state index contributed by atoms with van der Waals surface area (Å²) in [5, 5.41) is 17.6. The third kappa shape index (κ3) is 3.68. The Morgan fingerprint density at radius 3 is 2.88 bits per heavy atom. The van der Waals surface area contributed by atoms with E-state index in [0.29, 0.717) is 12.5 Å². The highest BCUT2D eigenvalue weighted by atomic mass is 19.1. The predicted molar refractivity (Wildman–Crippen MR) is 95.7 cm³/mol. The molecule has 1 aliphatic heterocycles. The van der Waals surface area contributed by atoms with Crippen LogP contribution in [-0.2, 0) is 11.3 Å². The Hall–Kier alpha value is -2.51. The third-order valence-electron chi connectivity index (χ3n) is 4.87. The van der Waals surface area contributed by atoms with Crippen molar-refractivity contribution in [1.82, 2.24) is 25.7 Å². The highest BCUT2D eigenvalue weighted by Crippen LogP contribution is 2.32. The molecule has 0 saturated carbocycles. The second-order valence-electron chi connectivity index (χ2n) is 6.63. The summed E-state index contributed by atoms with van der Waals surface area (Å²) in [5.41, 5.74) is 4.02. The van der Waals surface area contributed by atoms with Crippen LogP contribution in [-0.4, -0.2) is 33.5 Å². The largest absolute Gasteiger partial charge is 0.373 e. The maximum Gasteiger partial charge on any atom is 0.123 e. The summed E-state index contributed by atoms with van der Waals surface area (Å²) in [5.74, 6) is 0.165. The summed E-state index contributed by atoms with van der Waals surface area (Å²) in [6, 6.07) is 6.44. The summed E-state index contributed by atoms with van der Waals surface area (Å²) in [7, 11) is 0. The summed E-state index contributed by atoms with van der Waals surface area (Å²) < 4.78 is 19.1. The van der Waals surface area contributed by atoms with Crippen LogP contribution in [0.3, 0.4) is 0 Å². The molecule has 0 unspecified atom stereocenters. The van der Waals surface area contributed by atoms with Crippen LogP contribution in [0.15, 0.2) is 42.9 Å². The third-order valence-corrected chi connectivity index (χ3v) is 4.87. The molecular weight excluding hydrogens is 333 g/mol. The Kier molecular flexibility index (Phi) is 5.08. The molecule has 4 rings (SSSR count). The molecule has 26 heavy (non-hydrogen) atoms. The lowest BCUT2D eigenvalue weighted by molar-refractivity contribution is -0.0278. The van der Waals surface area contributed by atoms with Crippen LogP contribution in [0.25, 0.3) is 11.3 Å². The Labute approximate surface area is 151 Å². The molecule has 6 nitrogen and oxygen atoms in total. The number of halogens is 1. The van der Waals surface area contributed by atoms with E-state index < -0.39 is 0 Å². The van der Waals surface area contributed by atoms with Crippen LogP contribution in [0.2, 0.25) is 0 Å². The van der Waals surface area contributed by atoms with E-state index in [1.807, 2.05) is 18.6 Å². The smallest absolute Gasteiger partial charge is 0.123 e. The van der Waals surface area contributed by atoms with Gasteiger partial charge in [-0.1, -0.05) is 0 Å². The zero-order valence-corrected chi connectivity index (χ0v) is 14.4. The molecule has 3 heterocycles. The molecule has 1 aliphatic rings. The first-order chi connectivity index (χ1) is 12.8. The number of benzene rings is 1. The molecule has 0 radical (unpaired) electrons. The molecule has 7 heteroatoms. The van der Waals surface area contributed by atoms with Crippen molar-refractivity contribution in [2.45, 2.75) is 25.5 Å². The summed E-state index contributed by atoms with van der Waals surface area (Å²) >= 11 is 0. The van der Waals surface area contributed by atoms with Gasteiger partial charge in [-0.3, -0.25) is 10.2 Å². The first-order valence-corrected chi connectivity index (χ1v) is 8.90. The average molecular weight is 355 g/mol. The fourth-order valence-corrected chi connectivity index (χ4v) is 3.54. The number of hydrogen-bond donors (Lipinski definition) is 3. The van der Waals surface area contributed by atoms with E-state index in [4.69, 9.17) is 4.74 Å². The van der Waals surface area contributed by atoms with Gasteiger partial charge >= 0.3 is 0 Å². The van der Waals surface area contributed by atoms with Crippen molar-refractivity contribution in [3.05, 3.63) is 59.8 Å². The maximum atomic E-state index is 13.1. The number of ether oxygens (including phenoxy) is 1. The van der Waals surface area contributed by atoms with E-state index in [-0.39, 0.29) is 11.9 Å². The molecule has 0 amide bonds. The molecule has 1 fully saturated rings. The number of aromatic amines is 2. The van der Waals surface area contributed by atoms with Gasteiger partial charge in [0, 0.05) is 48.5 Å². The van der Waals surface area contributed by atoms with E-state index in [1.165, 1.54) is 12.1 Å². The van der Waals surface area contributed by atoms with Gasteiger partial charge in [0.2, 0.25) is 0 Å². The van der Waals surface area contributed by atoms with Gasteiger partial charge in [0.05, 0.1) is 24.2 Å². The average Bonchev–Trinajstić information content (AvgIpc) is 3.35. The van der Waals surface area contributed by atoms with Gasteiger partial charge in [0.25, 0.3) is 0 Å². The van der Waals surface area contributed by atoms with E-state index in [9.17, 15) is 4.39 Å². The van der Waals surface area contributed by atoms with Crippen molar-refractivity contribution in [3.8, 4) is 11.3 Å². The summed E-state index contributed by atoms with van der Waals surface area (Å²) in [6.07, 6.45) is 7.84. The fraction of sp³-hybridized carbons (Fsp3) is 0.368. The van der Waals surface area contributed by atoms with Crippen LogP contribution < -0.4 is 5.32 Å². The highest BCUT2D eigenvalue weighted by Gasteiger charge is 2.27. The summed E-state index contributed by atoms with van der Waals surface area (Å²) in [6.45, 7) is 2.34. The van der Waals surface area contributed by atoms with E-state index in [1.54, 1.807) is 12.1 Å². The van der Waals surface area contributed by atoms with Crippen molar-refractivity contribution >= 4 is 0 Å². The van der Waals surface area contributed by atoms with Gasteiger partial charge in [-0.25, -0.2) is 4.39 Å². The molecule has 0 spiro atoms. The standard InChI is InChI=1S/C19H22FN5O/c20-17-5-3-13(4-6-17)18-15(10-24-25-18)9-21-8-14-2-1-7-26-19(14)16-11-22-23-12-16/h3-6,10-12,14,19,21H,1-2,7-9H2,(H,22,23)(H,24,25)/t14-,19+/m0/s1. The molecule has 1 aromatic carbocycles. The van der Waals surface area contributed by atoms with Crippen LogP contribution in [0, 0.1) is 11.7 Å². The van der Waals surface area contributed by atoms with Gasteiger partial charge in [-0.05, 0) is 37.1 Å². The van der Waals surface area contributed by atoms with Crippen molar-refractivity contribution in [1.29, 1.82) is 0 Å². The Morgan fingerprint density at radius 2 is 2.08 bits per heavy atom. The number of hydrogen-bond acceptors (Lipinski definition) is 4. The summed E-state index contributed by atoms with van der Waals surface area (Å²) in [4.78, 5) is 0. The van der Waals surface area contributed by atoms with Crippen LogP contribution in [0.1, 0.15) is 30.1 Å². The number of rotatable bonds is 6. The monoisotopic (exact) mass is 355 g/mol. The lowest BCUT2D eigenvalue weighted by Crippen LogP contribution is -2.31. The lowest BCUT2D eigenvalue weighted by Gasteiger charge is -2.31. The predicted octanol–water partition coefficient (Wildman–Crippen LogP) is 3.20. The fourth-order valence-electron chi connectivity index (χ4n) is 3.54. The Bertz CT molecular complexity index is 815. The minimum Gasteiger partial charge on any atom is -0.373 e. The first-order valence-electron chi connectivity index (χ1n) is 8.90. The molecule has 1 saturated heterocycles. The van der Waals surface area contributed by atoms with Crippen molar-refractivity contribution in [2.75, 3.05) is 13.2 Å². The normalized spacial score (nSPS) is 20.3. The zero-order chi connectivity index (χ0) is 17.8. The molecular formula is C19H22FN5O. The van der Waals surface area contributed by atoms with Crippen LogP contribution in [0.5, 0.6) is 0 Å². The zero-order valence-electron chi connectivity index (χ0n) is 14.4. The van der Waals surface area contributed by atoms with Gasteiger partial charge < -0.3 is 10.1 Å². The molecule has 0 bridgehead atoms. The Morgan fingerprint density at radius 1 is 1.19 bits per heavy atom. The number of H-pyrrole nitrogens is 2. The topological polar surface area (TPSA) is 78.6 Å². The lowest BCUT2D eigenvalue weighted by atomic mass is 9.91.